The average Bonchev–Trinajstić information content (AvgIpc) is 3.40. The van der Waals surface area contributed by atoms with E-state index in [-0.39, 0.29) is 35.5 Å². The van der Waals surface area contributed by atoms with Gasteiger partial charge in [0.05, 0.1) is 39.9 Å². The number of anilines is 1. The van der Waals surface area contributed by atoms with Crippen LogP contribution in [0.2, 0.25) is 5.02 Å². The summed E-state index contributed by atoms with van der Waals surface area (Å²) in [5.41, 5.74) is 0.483. The van der Waals surface area contributed by atoms with Gasteiger partial charge in [0.25, 0.3) is 0 Å². The first-order valence-electron chi connectivity index (χ1n) is 11.1. The van der Waals surface area contributed by atoms with Gasteiger partial charge in [0.15, 0.2) is 0 Å². The Labute approximate surface area is 197 Å². The lowest BCUT2D eigenvalue weighted by molar-refractivity contribution is -0.142. The number of para-hydroxylation sites is 1. The first-order chi connectivity index (χ1) is 15.2. The topological polar surface area (TPSA) is 98.7 Å². The summed E-state index contributed by atoms with van der Waals surface area (Å²) in [4.78, 5) is 41.9. The third kappa shape index (κ3) is 3.60. The van der Waals surface area contributed by atoms with Gasteiger partial charge >= 0.3 is 0 Å². The number of rotatable bonds is 7. The normalized spacial score (nSPS) is 31.7. The molecule has 9 heteroatoms. The van der Waals surface area contributed by atoms with Crippen molar-refractivity contribution < 1.29 is 19.5 Å². The molecule has 7 nitrogen and oxygen atoms in total. The Bertz CT molecular complexity index is 928. The van der Waals surface area contributed by atoms with Crippen LogP contribution in [-0.2, 0) is 14.4 Å². The maximum Gasteiger partial charge on any atom is 0.248 e. The number of carbonyl (C=O) groups is 3. The molecule has 2 bridgehead atoms. The summed E-state index contributed by atoms with van der Waals surface area (Å²) in [5, 5.41) is 16.3. The number of aliphatic hydroxyl groups excluding tert-OH is 1. The summed E-state index contributed by atoms with van der Waals surface area (Å²) in [6.07, 6.45) is 2.03. The van der Waals surface area contributed by atoms with Crippen LogP contribution in [0.3, 0.4) is 0 Å². The number of fused-ring (bicyclic) bond motifs is 1. The standard InChI is InChI=1S/C23H30ClN3O4S/c1-12(2)10-13(11-28)27-19(21(30)26-15-7-5-4-6-14(15)24)23-9-8-16(32-23)17(20(29)25-3)18(23)22(27)31/h4-7,12-13,16-19,28H,8-11H2,1-3H3,(H,25,29)(H,26,30)/t13-,16-,17+,18+,19?,23?/m1/s1. The van der Waals surface area contributed by atoms with E-state index in [2.05, 4.69) is 10.6 Å². The minimum Gasteiger partial charge on any atom is -0.394 e. The molecular weight excluding hydrogens is 450 g/mol. The van der Waals surface area contributed by atoms with E-state index in [1.165, 1.54) is 0 Å². The molecule has 6 atom stereocenters. The van der Waals surface area contributed by atoms with Crippen LogP contribution in [0.25, 0.3) is 0 Å². The highest BCUT2D eigenvalue weighted by Crippen LogP contribution is 2.66. The smallest absolute Gasteiger partial charge is 0.248 e. The number of aliphatic hydroxyl groups is 1. The number of amides is 3. The van der Waals surface area contributed by atoms with Crippen LogP contribution < -0.4 is 10.6 Å². The molecule has 0 saturated carbocycles. The molecule has 0 aromatic heterocycles. The Morgan fingerprint density at radius 2 is 2.03 bits per heavy atom. The molecule has 0 aliphatic carbocycles. The fourth-order valence-corrected chi connectivity index (χ4v) is 8.22. The summed E-state index contributed by atoms with van der Waals surface area (Å²) < 4.78 is -0.686. The summed E-state index contributed by atoms with van der Waals surface area (Å²) in [6.45, 7) is 3.81. The van der Waals surface area contributed by atoms with Gasteiger partial charge in [-0.25, -0.2) is 0 Å². The molecule has 3 aliphatic rings. The molecule has 1 spiro atoms. The lowest BCUT2D eigenvalue weighted by atomic mass is 9.70. The number of thioether (sulfide) groups is 1. The molecule has 3 N–H and O–H groups in total. The molecule has 3 saturated heterocycles. The van der Waals surface area contributed by atoms with Gasteiger partial charge in [0.2, 0.25) is 17.7 Å². The average molecular weight is 480 g/mol. The van der Waals surface area contributed by atoms with Crippen molar-refractivity contribution in [3.63, 3.8) is 0 Å². The van der Waals surface area contributed by atoms with Gasteiger partial charge in [-0.15, -0.1) is 11.8 Å². The molecule has 3 amide bonds. The van der Waals surface area contributed by atoms with Crippen LogP contribution in [-0.4, -0.2) is 63.5 Å². The molecule has 174 valence electrons. The molecule has 32 heavy (non-hydrogen) atoms. The first-order valence-corrected chi connectivity index (χ1v) is 12.4. The minimum absolute atomic E-state index is 0.0133. The molecule has 1 aromatic carbocycles. The Balaban J connectivity index is 1.76. The summed E-state index contributed by atoms with van der Waals surface area (Å²) in [5.74, 6) is -1.49. The first kappa shape index (κ1) is 23.4. The largest absolute Gasteiger partial charge is 0.394 e. The van der Waals surface area contributed by atoms with Crippen LogP contribution in [0.15, 0.2) is 24.3 Å². The number of nitrogens with one attached hydrogen (secondary N) is 2. The van der Waals surface area contributed by atoms with E-state index in [9.17, 15) is 19.5 Å². The maximum atomic E-state index is 13.8. The Morgan fingerprint density at radius 3 is 2.66 bits per heavy atom. The molecule has 3 heterocycles. The SMILES string of the molecule is CNC(=O)[C@@H]1[C@H]2C(=O)N([C@@H](CO)CC(C)C)C(C(=O)Nc3ccccc3Cl)C23CC[C@H]1S3. The van der Waals surface area contributed by atoms with E-state index >= 15 is 0 Å². The fourth-order valence-electron chi connectivity index (χ4n) is 5.83. The predicted molar refractivity (Wildman–Crippen MR) is 125 cm³/mol. The fraction of sp³-hybridized carbons (Fsp3) is 0.609. The molecule has 1 aromatic rings. The molecule has 4 rings (SSSR count). The van der Waals surface area contributed by atoms with Crippen molar-refractivity contribution in [2.45, 2.75) is 55.2 Å². The van der Waals surface area contributed by atoms with Crippen LogP contribution in [0.1, 0.15) is 33.1 Å². The zero-order valence-corrected chi connectivity index (χ0v) is 20.1. The van der Waals surface area contributed by atoms with Crippen molar-refractivity contribution >= 4 is 46.8 Å². The Morgan fingerprint density at radius 1 is 1.31 bits per heavy atom. The van der Waals surface area contributed by atoms with Crippen LogP contribution in [0.4, 0.5) is 5.69 Å². The number of hydrogen-bond donors (Lipinski definition) is 3. The summed E-state index contributed by atoms with van der Waals surface area (Å²) in [6, 6.07) is 5.72. The van der Waals surface area contributed by atoms with Gasteiger partial charge in [-0.05, 0) is 37.3 Å². The second-order valence-electron chi connectivity index (χ2n) is 9.35. The molecular formula is C23H30ClN3O4S. The highest BCUT2D eigenvalue weighted by molar-refractivity contribution is 8.02. The van der Waals surface area contributed by atoms with Gasteiger partial charge in [0.1, 0.15) is 6.04 Å². The number of carbonyl (C=O) groups excluding carboxylic acids is 3. The number of benzene rings is 1. The highest BCUT2D eigenvalue weighted by Gasteiger charge is 2.74. The van der Waals surface area contributed by atoms with Gasteiger partial charge in [-0.3, -0.25) is 14.4 Å². The molecule has 3 aliphatic heterocycles. The maximum absolute atomic E-state index is 13.8. The van der Waals surface area contributed by atoms with Crippen molar-refractivity contribution in [3.05, 3.63) is 29.3 Å². The lowest BCUT2D eigenvalue weighted by Gasteiger charge is -2.37. The number of likely N-dealkylation sites (tertiary alicyclic amines) is 1. The summed E-state index contributed by atoms with van der Waals surface area (Å²) in [7, 11) is 1.58. The zero-order valence-electron chi connectivity index (χ0n) is 18.5. The highest BCUT2D eigenvalue weighted by atomic mass is 35.5. The minimum atomic E-state index is -0.781. The van der Waals surface area contributed by atoms with Crippen molar-refractivity contribution in [1.29, 1.82) is 0 Å². The van der Waals surface area contributed by atoms with Crippen LogP contribution in [0, 0.1) is 17.8 Å². The van der Waals surface area contributed by atoms with Crippen molar-refractivity contribution in [1.82, 2.24) is 10.2 Å². The number of hydrogen-bond acceptors (Lipinski definition) is 5. The molecule has 0 radical (unpaired) electrons. The lowest BCUT2D eigenvalue weighted by Crippen LogP contribution is -2.55. The van der Waals surface area contributed by atoms with Crippen LogP contribution >= 0.6 is 23.4 Å². The zero-order chi connectivity index (χ0) is 23.2. The third-order valence-electron chi connectivity index (χ3n) is 7.01. The van der Waals surface area contributed by atoms with E-state index in [1.54, 1.807) is 48.0 Å². The van der Waals surface area contributed by atoms with E-state index in [0.717, 1.165) is 6.42 Å². The quantitative estimate of drug-likeness (QED) is 0.558. The second kappa shape index (κ2) is 8.88. The van der Waals surface area contributed by atoms with E-state index in [4.69, 9.17) is 11.6 Å². The molecule has 2 unspecified atom stereocenters. The van der Waals surface area contributed by atoms with Crippen LogP contribution in [0.5, 0.6) is 0 Å². The van der Waals surface area contributed by atoms with E-state index < -0.39 is 28.7 Å². The second-order valence-corrected chi connectivity index (χ2v) is 11.4. The van der Waals surface area contributed by atoms with Gasteiger partial charge < -0.3 is 20.6 Å². The number of halogens is 1. The van der Waals surface area contributed by atoms with Gasteiger partial charge in [0, 0.05) is 12.3 Å². The van der Waals surface area contributed by atoms with Crippen molar-refractivity contribution in [3.8, 4) is 0 Å². The van der Waals surface area contributed by atoms with Crippen molar-refractivity contribution in [2.24, 2.45) is 17.8 Å². The summed E-state index contributed by atoms with van der Waals surface area (Å²) >= 11 is 7.88. The molecule has 3 fully saturated rings. The van der Waals surface area contributed by atoms with E-state index in [1.807, 2.05) is 13.8 Å². The Hall–Kier alpha value is -1.77. The van der Waals surface area contributed by atoms with E-state index in [0.29, 0.717) is 23.6 Å². The number of nitrogens with zero attached hydrogens (tertiary/aromatic N) is 1. The van der Waals surface area contributed by atoms with Crippen molar-refractivity contribution in [2.75, 3.05) is 19.0 Å². The monoisotopic (exact) mass is 479 g/mol. The van der Waals surface area contributed by atoms with Gasteiger partial charge in [-0.2, -0.15) is 0 Å². The Kier molecular flexibility index (Phi) is 6.49. The third-order valence-corrected chi connectivity index (χ3v) is 9.30. The van der Waals surface area contributed by atoms with Gasteiger partial charge in [-0.1, -0.05) is 37.6 Å². The predicted octanol–water partition coefficient (Wildman–Crippen LogP) is 2.52.